The van der Waals surface area contributed by atoms with Gasteiger partial charge in [-0.1, -0.05) is 0 Å². The van der Waals surface area contributed by atoms with Crippen LogP contribution in [0.25, 0.3) is 0 Å². The van der Waals surface area contributed by atoms with E-state index < -0.39 is 12.1 Å². The number of hydrogen-bond acceptors (Lipinski definition) is 3. The summed E-state index contributed by atoms with van der Waals surface area (Å²) in [6.07, 6.45) is 1.26. The summed E-state index contributed by atoms with van der Waals surface area (Å²) in [6, 6.07) is 0. The fraction of sp³-hybridized carbons (Fsp3) is 0.900. The van der Waals surface area contributed by atoms with Crippen LogP contribution >= 0.6 is 0 Å². The smallest absolute Gasteiger partial charge is 0.333 e. The Kier molecular flexibility index (Phi) is 2.74. The van der Waals surface area contributed by atoms with E-state index in [9.17, 15) is 4.79 Å². The van der Waals surface area contributed by atoms with Crippen LogP contribution in [-0.2, 0) is 14.3 Å². The number of carbonyl (C=O) groups is 1. The third kappa shape index (κ3) is 1.64. The van der Waals surface area contributed by atoms with E-state index in [0.717, 1.165) is 26.1 Å². The fourth-order valence-electron chi connectivity index (χ4n) is 2.78. The van der Waals surface area contributed by atoms with Crippen LogP contribution < -0.4 is 0 Å². The molecule has 1 aliphatic carbocycles. The minimum atomic E-state index is -0.835. The van der Waals surface area contributed by atoms with Crippen molar-refractivity contribution in [3.63, 3.8) is 0 Å². The Morgan fingerprint density at radius 3 is 2.43 bits per heavy atom. The number of carboxylic acid groups (broad SMARTS) is 1. The van der Waals surface area contributed by atoms with Crippen molar-refractivity contribution >= 4 is 5.97 Å². The summed E-state index contributed by atoms with van der Waals surface area (Å²) in [5.41, 5.74) is 0. The molecule has 1 heterocycles. The van der Waals surface area contributed by atoms with Gasteiger partial charge in [0.1, 0.15) is 0 Å². The maximum absolute atomic E-state index is 10.9. The molecule has 1 saturated carbocycles. The minimum Gasteiger partial charge on any atom is -0.479 e. The molecule has 0 bridgehead atoms. The number of ether oxygens (including phenoxy) is 2. The van der Waals surface area contributed by atoms with Gasteiger partial charge in [0.25, 0.3) is 0 Å². The number of hydrogen-bond donors (Lipinski definition) is 1. The van der Waals surface area contributed by atoms with Crippen LogP contribution in [0.15, 0.2) is 0 Å². The molecule has 4 heteroatoms. The van der Waals surface area contributed by atoms with Gasteiger partial charge < -0.3 is 14.6 Å². The summed E-state index contributed by atoms with van der Waals surface area (Å²) in [4.78, 5) is 10.9. The van der Waals surface area contributed by atoms with Gasteiger partial charge in [0.15, 0.2) is 6.10 Å². The van der Waals surface area contributed by atoms with E-state index in [1.165, 1.54) is 7.11 Å². The molecule has 1 saturated heterocycles. The second-order valence-electron chi connectivity index (χ2n) is 4.28. The van der Waals surface area contributed by atoms with Gasteiger partial charge in [-0.05, 0) is 30.6 Å². The SMILES string of the molecule is COC(C(=O)O)C1C[C@@H]2COC[C@H]2C1. The summed E-state index contributed by atoms with van der Waals surface area (Å²) in [5, 5.41) is 8.94. The van der Waals surface area contributed by atoms with Crippen molar-refractivity contribution in [2.75, 3.05) is 20.3 Å². The zero-order valence-corrected chi connectivity index (χ0v) is 8.31. The second-order valence-corrected chi connectivity index (χ2v) is 4.28. The average Bonchev–Trinajstić information content (AvgIpc) is 2.63. The van der Waals surface area contributed by atoms with Gasteiger partial charge in [-0.15, -0.1) is 0 Å². The van der Waals surface area contributed by atoms with Crippen molar-refractivity contribution in [1.29, 1.82) is 0 Å². The van der Waals surface area contributed by atoms with E-state index in [4.69, 9.17) is 14.6 Å². The Morgan fingerprint density at radius 2 is 2.00 bits per heavy atom. The van der Waals surface area contributed by atoms with Crippen molar-refractivity contribution in [2.24, 2.45) is 17.8 Å². The van der Waals surface area contributed by atoms with Gasteiger partial charge in [0.2, 0.25) is 0 Å². The van der Waals surface area contributed by atoms with Gasteiger partial charge >= 0.3 is 5.97 Å². The normalized spacial score (nSPS) is 34.4. The monoisotopic (exact) mass is 200 g/mol. The zero-order chi connectivity index (χ0) is 10.1. The Balaban J connectivity index is 1.97. The fourth-order valence-corrected chi connectivity index (χ4v) is 2.78. The van der Waals surface area contributed by atoms with Gasteiger partial charge in [-0.2, -0.15) is 0 Å². The van der Waals surface area contributed by atoms with Crippen molar-refractivity contribution in [3.8, 4) is 0 Å². The third-order valence-corrected chi connectivity index (χ3v) is 3.47. The van der Waals surface area contributed by atoms with E-state index in [1.807, 2.05) is 0 Å². The van der Waals surface area contributed by atoms with Crippen LogP contribution in [0.4, 0.5) is 0 Å². The molecule has 0 aromatic carbocycles. The number of carboxylic acids is 1. The number of aliphatic carboxylic acids is 1. The number of rotatable bonds is 3. The quantitative estimate of drug-likeness (QED) is 0.730. The lowest BCUT2D eigenvalue weighted by Gasteiger charge is -2.18. The van der Waals surface area contributed by atoms with Crippen LogP contribution in [0.1, 0.15) is 12.8 Å². The molecule has 3 atom stereocenters. The van der Waals surface area contributed by atoms with E-state index >= 15 is 0 Å². The topological polar surface area (TPSA) is 55.8 Å². The molecule has 1 unspecified atom stereocenters. The maximum Gasteiger partial charge on any atom is 0.333 e. The standard InChI is InChI=1S/C10H16O4/c1-13-9(10(11)12)6-2-7-4-14-5-8(7)3-6/h6-9H,2-5H2,1H3,(H,11,12)/t7-,8-,9?/m1/s1. The van der Waals surface area contributed by atoms with Crippen LogP contribution in [0.5, 0.6) is 0 Å². The highest BCUT2D eigenvalue weighted by Gasteiger charge is 2.43. The molecule has 4 nitrogen and oxygen atoms in total. The van der Waals surface area contributed by atoms with E-state index in [1.54, 1.807) is 0 Å². The molecule has 0 spiro atoms. The Hall–Kier alpha value is -0.610. The first-order valence-corrected chi connectivity index (χ1v) is 5.05. The van der Waals surface area contributed by atoms with Crippen LogP contribution in [0.2, 0.25) is 0 Å². The predicted octanol–water partition coefficient (Wildman–Crippen LogP) is 0.759. The first kappa shape index (κ1) is 9.93. The number of methoxy groups -OCH3 is 1. The summed E-state index contributed by atoms with van der Waals surface area (Å²) >= 11 is 0. The molecule has 14 heavy (non-hydrogen) atoms. The highest BCUT2D eigenvalue weighted by molar-refractivity contribution is 5.72. The first-order chi connectivity index (χ1) is 6.72. The molecule has 0 aromatic rings. The van der Waals surface area contributed by atoms with Crippen molar-refractivity contribution in [1.82, 2.24) is 0 Å². The molecule has 1 aliphatic heterocycles. The summed E-state index contributed by atoms with van der Waals surface area (Å²) < 4.78 is 10.4. The lowest BCUT2D eigenvalue weighted by molar-refractivity contribution is -0.152. The Morgan fingerprint density at radius 1 is 1.43 bits per heavy atom. The molecule has 0 radical (unpaired) electrons. The molecule has 2 aliphatic rings. The van der Waals surface area contributed by atoms with Crippen molar-refractivity contribution < 1.29 is 19.4 Å². The van der Waals surface area contributed by atoms with E-state index in [-0.39, 0.29) is 5.92 Å². The van der Waals surface area contributed by atoms with Crippen LogP contribution in [0, 0.1) is 17.8 Å². The molecule has 2 fully saturated rings. The zero-order valence-electron chi connectivity index (χ0n) is 8.31. The lowest BCUT2D eigenvalue weighted by atomic mass is 9.99. The predicted molar refractivity (Wildman–Crippen MR) is 49.0 cm³/mol. The van der Waals surface area contributed by atoms with Gasteiger partial charge in [0, 0.05) is 20.3 Å². The first-order valence-electron chi connectivity index (χ1n) is 5.05. The van der Waals surface area contributed by atoms with Crippen LogP contribution in [0.3, 0.4) is 0 Å². The third-order valence-electron chi connectivity index (χ3n) is 3.47. The summed E-state index contributed by atoms with van der Waals surface area (Å²) in [7, 11) is 1.48. The maximum atomic E-state index is 10.9. The highest BCUT2D eigenvalue weighted by atomic mass is 16.5. The van der Waals surface area contributed by atoms with Crippen LogP contribution in [-0.4, -0.2) is 37.5 Å². The molecular formula is C10H16O4. The summed E-state index contributed by atoms with van der Waals surface area (Å²) in [6.45, 7) is 1.61. The molecule has 2 rings (SSSR count). The second kappa shape index (κ2) is 3.87. The summed E-state index contributed by atoms with van der Waals surface area (Å²) in [5.74, 6) is 0.476. The van der Waals surface area contributed by atoms with Gasteiger partial charge in [0.05, 0.1) is 0 Å². The molecule has 0 aromatic heterocycles. The van der Waals surface area contributed by atoms with Crippen molar-refractivity contribution in [3.05, 3.63) is 0 Å². The Labute approximate surface area is 83.2 Å². The highest BCUT2D eigenvalue weighted by Crippen LogP contribution is 2.42. The lowest BCUT2D eigenvalue weighted by Crippen LogP contribution is -2.30. The average molecular weight is 200 g/mol. The van der Waals surface area contributed by atoms with E-state index in [0.29, 0.717) is 11.8 Å². The molecule has 0 amide bonds. The molecule has 1 N–H and O–H groups in total. The van der Waals surface area contributed by atoms with Crippen molar-refractivity contribution in [2.45, 2.75) is 18.9 Å². The number of fused-ring (bicyclic) bond motifs is 1. The molecule has 80 valence electrons. The largest absolute Gasteiger partial charge is 0.479 e. The van der Waals surface area contributed by atoms with Gasteiger partial charge in [-0.3, -0.25) is 0 Å². The minimum absolute atomic E-state index is 0.177. The molecular weight excluding hydrogens is 184 g/mol. The van der Waals surface area contributed by atoms with Gasteiger partial charge in [-0.25, -0.2) is 4.79 Å². The van der Waals surface area contributed by atoms with E-state index in [2.05, 4.69) is 0 Å². The Bertz CT molecular complexity index is 216.